The molecule has 2 heteroatoms. The highest BCUT2D eigenvalue weighted by Crippen LogP contribution is 2.45. The molecule has 0 aromatic heterocycles. The lowest BCUT2D eigenvalue weighted by atomic mass is 9.87. The van der Waals surface area contributed by atoms with Gasteiger partial charge in [0.05, 0.1) is 0 Å². The summed E-state index contributed by atoms with van der Waals surface area (Å²) in [5.41, 5.74) is 5.10. The van der Waals surface area contributed by atoms with E-state index in [0.29, 0.717) is 17.4 Å². The van der Waals surface area contributed by atoms with E-state index in [-0.39, 0.29) is 5.82 Å². The molecule has 0 amide bonds. The van der Waals surface area contributed by atoms with Gasteiger partial charge >= 0.3 is 0 Å². The van der Waals surface area contributed by atoms with Gasteiger partial charge in [0.2, 0.25) is 0 Å². The van der Waals surface area contributed by atoms with Gasteiger partial charge < -0.3 is 4.74 Å². The zero-order valence-corrected chi connectivity index (χ0v) is 18.8. The predicted molar refractivity (Wildman–Crippen MR) is 133 cm³/mol. The predicted octanol–water partition coefficient (Wildman–Crippen LogP) is 8.80. The minimum atomic E-state index is -0.322. The van der Waals surface area contributed by atoms with Gasteiger partial charge in [-0.3, -0.25) is 0 Å². The molecule has 0 N–H and O–H groups in total. The fraction of sp³-hybridized carbons (Fsp3) is 0.226. The van der Waals surface area contributed by atoms with Crippen LogP contribution in [-0.2, 0) is 6.42 Å². The average Bonchev–Trinajstić information content (AvgIpc) is 3.70. The molecule has 0 spiro atoms. The standard InChI is InChI=1S/C31H29FO/c32-30-21-14-23(22-31(30)33-28-11-5-2-6-12-28)8-7-13-29(27-19-20-27)26-17-15-25(16-18-26)24-9-3-1-4-10-24/h1-6,9-12,14-18,21-22,27,29H,7-8,13,19-20H2. The Bertz CT molecular complexity index is 1160. The quantitative estimate of drug-likeness (QED) is 0.255. The van der Waals surface area contributed by atoms with Crippen molar-refractivity contribution in [1.82, 2.24) is 0 Å². The first-order valence-corrected chi connectivity index (χ1v) is 11.9. The number of hydrogen-bond donors (Lipinski definition) is 0. The lowest BCUT2D eigenvalue weighted by Gasteiger charge is -2.18. The maximum absolute atomic E-state index is 14.3. The van der Waals surface area contributed by atoms with Gasteiger partial charge in [0, 0.05) is 0 Å². The van der Waals surface area contributed by atoms with Crippen molar-refractivity contribution in [2.45, 2.75) is 38.0 Å². The molecule has 0 radical (unpaired) electrons. The van der Waals surface area contributed by atoms with Crippen molar-refractivity contribution in [2.24, 2.45) is 5.92 Å². The number of halogens is 1. The molecule has 33 heavy (non-hydrogen) atoms. The molecular formula is C31H29FO. The van der Waals surface area contributed by atoms with Gasteiger partial charge in [-0.25, -0.2) is 4.39 Å². The van der Waals surface area contributed by atoms with Gasteiger partial charge in [-0.15, -0.1) is 0 Å². The van der Waals surface area contributed by atoms with E-state index in [1.54, 1.807) is 0 Å². The third-order valence-corrected chi connectivity index (χ3v) is 6.58. The minimum Gasteiger partial charge on any atom is -0.454 e. The molecule has 5 rings (SSSR count). The van der Waals surface area contributed by atoms with Crippen molar-refractivity contribution >= 4 is 0 Å². The SMILES string of the molecule is Fc1ccc(CCCC(c2ccc(-c3ccccc3)cc2)C2CC2)cc1Oc1ccccc1. The molecule has 0 bridgehead atoms. The normalized spacial score (nSPS) is 14.1. The summed E-state index contributed by atoms with van der Waals surface area (Å²) in [7, 11) is 0. The molecule has 1 fully saturated rings. The van der Waals surface area contributed by atoms with E-state index in [1.807, 2.05) is 42.5 Å². The summed E-state index contributed by atoms with van der Waals surface area (Å²) in [6.07, 6.45) is 5.82. The van der Waals surface area contributed by atoms with Crippen molar-refractivity contribution in [2.75, 3.05) is 0 Å². The topological polar surface area (TPSA) is 9.23 Å². The van der Waals surface area contributed by atoms with Gasteiger partial charge in [0.25, 0.3) is 0 Å². The van der Waals surface area contributed by atoms with E-state index in [2.05, 4.69) is 54.6 Å². The summed E-state index contributed by atoms with van der Waals surface area (Å²) in [5, 5.41) is 0. The molecule has 1 aliphatic carbocycles. The average molecular weight is 437 g/mol. The van der Waals surface area contributed by atoms with Gasteiger partial charge in [0.1, 0.15) is 5.75 Å². The Hall–Kier alpha value is -3.39. The van der Waals surface area contributed by atoms with Crippen LogP contribution in [0.5, 0.6) is 11.5 Å². The van der Waals surface area contributed by atoms with Crippen molar-refractivity contribution in [3.63, 3.8) is 0 Å². The second-order valence-electron chi connectivity index (χ2n) is 9.00. The van der Waals surface area contributed by atoms with Crippen LogP contribution >= 0.6 is 0 Å². The fourth-order valence-corrected chi connectivity index (χ4v) is 4.65. The molecule has 4 aromatic rings. The monoisotopic (exact) mass is 436 g/mol. The molecule has 0 saturated heterocycles. The first-order chi connectivity index (χ1) is 16.3. The second-order valence-corrected chi connectivity index (χ2v) is 9.00. The largest absolute Gasteiger partial charge is 0.454 e. The maximum Gasteiger partial charge on any atom is 0.165 e. The first-order valence-electron chi connectivity index (χ1n) is 11.9. The van der Waals surface area contributed by atoms with E-state index in [9.17, 15) is 4.39 Å². The second kappa shape index (κ2) is 10.0. The van der Waals surface area contributed by atoms with E-state index >= 15 is 0 Å². The van der Waals surface area contributed by atoms with Crippen molar-refractivity contribution in [3.8, 4) is 22.6 Å². The summed E-state index contributed by atoms with van der Waals surface area (Å²) < 4.78 is 20.0. The number of rotatable bonds is 9. The first kappa shape index (κ1) is 21.5. The molecule has 1 atom stereocenters. The fourth-order valence-electron chi connectivity index (χ4n) is 4.65. The summed E-state index contributed by atoms with van der Waals surface area (Å²) in [6.45, 7) is 0. The third-order valence-electron chi connectivity index (χ3n) is 6.58. The van der Waals surface area contributed by atoms with Crippen LogP contribution in [0.2, 0.25) is 0 Å². The Kier molecular flexibility index (Phi) is 6.53. The van der Waals surface area contributed by atoms with Gasteiger partial charge in [-0.1, -0.05) is 78.9 Å². The van der Waals surface area contributed by atoms with Gasteiger partial charge in [-0.05, 0) is 90.5 Å². The lowest BCUT2D eigenvalue weighted by molar-refractivity contribution is 0.441. The van der Waals surface area contributed by atoms with Crippen LogP contribution in [0.1, 0.15) is 42.7 Å². The molecule has 1 saturated carbocycles. The van der Waals surface area contributed by atoms with Crippen molar-refractivity contribution in [3.05, 3.63) is 120 Å². The smallest absolute Gasteiger partial charge is 0.165 e. The zero-order valence-electron chi connectivity index (χ0n) is 18.8. The molecule has 1 nitrogen and oxygen atoms in total. The van der Waals surface area contributed by atoms with Crippen molar-refractivity contribution < 1.29 is 9.13 Å². The summed E-state index contributed by atoms with van der Waals surface area (Å²) in [6, 6.07) is 34.3. The number of hydrogen-bond acceptors (Lipinski definition) is 1. The van der Waals surface area contributed by atoms with Crippen LogP contribution in [0.4, 0.5) is 4.39 Å². The number of para-hydroxylation sites is 1. The van der Waals surface area contributed by atoms with Crippen LogP contribution in [-0.4, -0.2) is 0 Å². The van der Waals surface area contributed by atoms with E-state index in [1.165, 1.54) is 35.6 Å². The van der Waals surface area contributed by atoms with E-state index < -0.39 is 0 Å². The Balaban J connectivity index is 1.22. The molecule has 166 valence electrons. The maximum atomic E-state index is 14.3. The van der Waals surface area contributed by atoms with E-state index in [4.69, 9.17) is 4.74 Å². The highest BCUT2D eigenvalue weighted by Gasteiger charge is 2.31. The van der Waals surface area contributed by atoms with Crippen LogP contribution in [0, 0.1) is 11.7 Å². The summed E-state index contributed by atoms with van der Waals surface area (Å²) in [5.74, 6) is 2.04. The summed E-state index contributed by atoms with van der Waals surface area (Å²) >= 11 is 0. The Morgan fingerprint density at radius 3 is 2.12 bits per heavy atom. The van der Waals surface area contributed by atoms with Crippen LogP contribution < -0.4 is 4.74 Å². The van der Waals surface area contributed by atoms with Crippen molar-refractivity contribution in [1.29, 1.82) is 0 Å². The van der Waals surface area contributed by atoms with Crippen LogP contribution in [0.25, 0.3) is 11.1 Å². The third kappa shape index (κ3) is 5.51. The van der Waals surface area contributed by atoms with Gasteiger partial charge in [0.15, 0.2) is 11.6 Å². The molecule has 0 aliphatic heterocycles. The molecule has 4 aromatic carbocycles. The molecular weight excluding hydrogens is 407 g/mol. The molecule has 0 heterocycles. The molecule has 1 unspecified atom stereocenters. The van der Waals surface area contributed by atoms with Gasteiger partial charge in [-0.2, -0.15) is 0 Å². The Labute approximate surface area is 195 Å². The lowest BCUT2D eigenvalue weighted by Crippen LogP contribution is -2.02. The highest BCUT2D eigenvalue weighted by atomic mass is 19.1. The Morgan fingerprint density at radius 1 is 0.758 bits per heavy atom. The number of ether oxygens (including phenoxy) is 1. The van der Waals surface area contributed by atoms with E-state index in [0.717, 1.165) is 30.7 Å². The van der Waals surface area contributed by atoms with Crippen LogP contribution in [0.15, 0.2) is 103 Å². The Morgan fingerprint density at radius 2 is 1.42 bits per heavy atom. The minimum absolute atomic E-state index is 0.300. The number of benzene rings is 4. The molecule has 1 aliphatic rings. The zero-order chi connectivity index (χ0) is 22.5. The summed E-state index contributed by atoms with van der Waals surface area (Å²) in [4.78, 5) is 0. The van der Waals surface area contributed by atoms with Crippen LogP contribution in [0.3, 0.4) is 0 Å². The number of aryl methyl sites for hydroxylation is 1. The highest BCUT2D eigenvalue weighted by molar-refractivity contribution is 5.63.